The van der Waals surface area contributed by atoms with E-state index in [0.717, 1.165) is 12.1 Å². The van der Waals surface area contributed by atoms with Crippen LogP contribution in [0.1, 0.15) is 22.3 Å². The van der Waals surface area contributed by atoms with Crippen LogP contribution in [0.4, 0.5) is 8.78 Å². The lowest BCUT2D eigenvalue weighted by molar-refractivity contribution is 0.0991. The molecule has 10 heteroatoms. The Hall–Kier alpha value is -2.33. The number of carbonyl (C=O) groups is 1. The van der Waals surface area contributed by atoms with Gasteiger partial charge in [0.2, 0.25) is 0 Å². The molecule has 0 fully saturated rings. The molecule has 0 aliphatic rings. The smallest absolute Gasteiger partial charge is 0.254 e. The summed E-state index contributed by atoms with van der Waals surface area (Å²) in [7, 11) is 0. The summed E-state index contributed by atoms with van der Waals surface area (Å²) in [5.41, 5.74) is 4.76. The average molecular weight is 444 g/mol. The number of fused-ring (bicyclic) bond motifs is 1. The molecule has 6 nitrogen and oxygen atoms in total. The fourth-order valence-electron chi connectivity index (χ4n) is 2.20. The van der Waals surface area contributed by atoms with Crippen molar-refractivity contribution in [2.45, 2.75) is 13.5 Å². The lowest BCUT2D eigenvalue weighted by atomic mass is 10.2. The molecule has 1 aromatic carbocycles. The number of nitrogens with zero attached hydrogens (tertiary/aromatic N) is 2. The molecule has 3 rings (SSSR count). The number of aromatic nitrogens is 2. The predicted molar refractivity (Wildman–Crippen MR) is 95.5 cm³/mol. The van der Waals surface area contributed by atoms with Crippen LogP contribution in [0.5, 0.6) is 11.5 Å². The van der Waals surface area contributed by atoms with Crippen LogP contribution in [-0.4, -0.2) is 22.5 Å². The van der Waals surface area contributed by atoms with Crippen molar-refractivity contribution >= 4 is 43.5 Å². The van der Waals surface area contributed by atoms with Crippen molar-refractivity contribution in [2.24, 2.45) is 5.73 Å². The van der Waals surface area contributed by atoms with Gasteiger partial charge in [-0.25, -0.2) is 18.7 Å². The van der Waals surface area contributed by atoms with E-state index >= 15 is 0 Å². The first-order chi connectivity index (χ1) is 12.4. The molecule has 2 N–H and O–H groups in total. The third-order valence-electron chi connectivity index (χ3n) is 3.30. The Morgan fingerprint density at radius 1 is 1.27 bits per heavy atom. The van der Waals surface area contributed by atoms with Gasteiger partial charge in [0.15, 0.2) is 17.3 Å². The number of rotatable bonds is 6. The lowest BCUT2D eigenvalue weighted by Crippen LogP contribution is -2.16. The molecule has 2 aromatic heterocycles. The standard InChI is InChI=1S/C16H12BrF2N3O3S/c1-2-24-10-5-8-16(22-14(10)17)26-11(21-8)6-25-9-4-3-7(18)12(13(9)19)15(20)23/h3-5H,2,6H2,1H3,(H2,20,23). The summed E-state index contributed by atoms with van der Waals surface area (Å²) < 4.78 is 39.0. The molecule has 0 atom stereocenters. The molecule has 136 valence electrons. The van der Waals surface area contributed by atoms with Crippen molar-refractivity contribution in [1.29, 1.82) is 0 Å². The van der Waals surface area contributed by atoms with Gasteiger partial charge in [-0.15, -0.1) is 0 Å². The maximum Gasteiger partial charge on any atom is 0.254 e. The van der Waals surface area contributed by atoms with Crippen molar-refractivity contribution in [3.8, 4) is 11.5 Å². The van der Waals surface area contributed by atoms with Crippen LogP contribution in [0.15, 0.2) is 22.8 Å². The second kappa shape index (κ2) is 7.50. The fraction of sp³-hybridized carbons (Fsp3) is 0.188. The van der Waals surface area contributed by atoms with Crippen LogP contribution in [0, 0.1) is 11.6 Å². The number of halogens is 3. The number of thiazole rings is 1. The van der Waals surface area contributed by atoms with E-state index in [0.29, 0.717) is 32.3 Å². The van der Waals surface area contributed by atoms with E-state index in [2.05, 4.69) is 25.9 Å². The Bertz CT molecular complexity index is 997. The first-order valence-electron chi connectivity index (χ1n) is 7.40. The van der Waals surface area contributed by atoms with Crippen LogP contribution < -0.4 is 15.2 Å². The Labute approximate surface area is 159 Å². The molecule has 1 amide bonds. The first kappa shape index (κ1) is 18.5. The molecular formula is C16H12BrF2N3O3S. The van der Waals surface area contributed by atoms with Gasteiger partial charge >= 0.3 is 0 Å². The SMILES string of the molecule is CCOc1cc2nc(COc3ccc(F)c(C(N)=O)c3F)sc2nc1Br. The van der Waals surface area contributed by atoms with Gasteiger partial charge < -0.3 is 15.2 Å². The number of nitrogens with two attached hydrogens (primary N) is 1. The van der Waals surface area contributed by atoms with Gasteiger partial charge in [0.25, 0.3) is 5.91 Å². The summed E-state index contributed by atoms with van der Waals surface area (Å²) in [6.07, 6.45) is 0. The molecule has 0 aliphatic carbocycles. The van der Waals surface area contributed by atoms with Gasteiger partial charge in [-0.05, 0) is 35.0 Å². The zero-order valence-electron chi connectivity index (χ0n) is 13.4. The highest BCUT2D eigenvalue weighted by Gasteiger charge is 2.20. The highest BCUT2D eigenvalue weighted by molar-refractivity contribution is 9.10. The molecule has 0 bridgehead atoms. The van der Waals surface area contributed by atoms with Crippen LogP contribution in [0.25, 0.3) is 10.3 Å². The van der Waals surface area contributed by atoms with E-state index < -0.39 is 23.1 Å². The van der Waals surface area contributed by atoms with E-state index in [1.165, 1.54) is 11.3 Å². The average Bonchev–Trinajstić information content (AvgIpc) is 2.96. The van der Waals surface area contributed by atoms with Gasteiger partial charge in [-0.1, -0.05) is 11.3 Å². The van der Waals surface area contributed by atoms with E-state index in [1.807, 2.05) is 6.92 Å². The number of ether oxygens (including phenoxy) is 2. The number of hydrogen-bond acceptors (Lipinski definition) is 6. The van der Waals surface area contributed by atoms with Crippen molar-refractivity contribution < 1.29 is 23.0 Å². The van der Waals surface area contributed by atoms with Gasteiger partial charge in [0.1, 0.15) is 37.9 Å². The number of primary amides is 1. The van der Waals surface area contributed by atoms with Gasteiger partial charge in [0.05, 0.1) is 6.61 Å². The molecular weight excluding hydrogens is 432 g/mol. The molecule has 0 radical (unpaired) electrons. The van der Waals surface area contributed by atoms with Crippen LogP contribution in [0.3, 0.4) is 0 Å². The molecule has 2 heterocycles. The van der Waals surface area contributed by atoms with Gasteiger partial charge in [-0.2, -0.15) is 0 Å². The minimum atomic E-state index is -1.21. The minimum absolute atomic E-state index is 0.0800. The second-order valence-electron chi connectivity index (χ2n) is 5.03. The fourth-order valence-corrected chi connectivity index (χ4v) is 3.55. The first-order valence-corrected chi connectivity index (χ1v) is 9.01. The summed E-state index contributed by atoms with van der Waals surface area (Å²) in [6.45, 7) is 2.26. The van der Waals surface area contributed by atoms with Crippen molar-refractivity contribution in [3.05, 3.63) is 45.0 Å². The third kappa shape index (κ3) is 3.61. The Morgan fingerprint density at radius 3 is 2.73 bits per heavy atom. The monoisotopic (exact) mass is 443 g/mol. The van der Waals surface area contributed by atoms with Gasteiger partial charge in [0, 0.05) is 6.07 Å². The molecule has 0 unspecified atom stereocenters. The van der Waals surface area contributed by atoms with Crippen molar-refractivity contribution in [2.75, 3.05) is 6.61 Å². The number of carbonyl (C=O) groups excluding carboxylic acids is 1. The summed E-state index contributed by atoms with van der Waals surface area (Å²) in [6, 6.07) is 3.75. The Morgan fingerprint density at radius 2 is 2.04 bits per heavy atom. The van der Waals surface area contributed by atoms with Gasteiger partial charge in [-0.3, -0.25) is 4.79 Å². The maximum atomic E-state index is 14.2. The highest BCUT2D eigenvalue weighted by atomic mass is 79.9. The summed E-state index contributed by atoms with van der Waals surface area (Å²) >= 11 is 4.58. The largest absolute Gasteiger partial charge is 0.491 e. The molecule has 3 aromatic rings. The van der Waals surface area contributed by atoms with E-state index in [-0.39, 0.29) is 12.4 Å². The summed E-state index contributed by atoms with van der Waals surface area (Å²) in [5.74, 6) is -3.11. The van der Waals surface area contributed by atoms with Crippen LogP contribution >= 0.6 is 27.3 Å². The number of benzene rings is 1. The van der Waals surface area contributed by atoms with E-state index in [4.69, 9.17) is 15.2 Å². The Kier molecular flexibility index (Phi) is 5.33. The van der Waals surface area contributed by atoms with Crippen LogP contribution in [-0.2, 0) is 6.61 Å². The summed E-state index contributed by atoms with van der Waals surface area (Å²) in [4.78, 5) is 20.5. The number of hydrogen-bond donors (Lipinski definition) is 1. The zero-order chi connectivity index (χ0) is 18.8. The normalized spacial score (nSPS) is 10.9. The molecule has 0 saturated heterocycles. The predicted octanol–water partition coefficient (Wildman–Crippen LogP) is 3.81. The maximum absolute atomic E-state index is 14.2. The third-order valence-corrected chi connectivity index (χ3v) is 4.81. The molecule has 0 aliphatic heterocycles. The summed E-state index contributed by atoms with van der Waals surface area (Å²) in [5, 5.41) is 0.525. The molecule has 0 saturated carbocycles. The lowest BCUT2D eigenvalue weighted by Gasteiger charge is -2.08. The van der Waals surface area contributed by atoms with E-state index in [9.17, 15) is 13.6 Å². The highest BCUT2D eigenvalue weighted by Crippen LogP contribution is 2.31. The molecule has 26 heavy (non-hydrogen) atoms. The Balaban J connectivity index is 1.84. The van der Waals surface area contributed by atoms with Crippen LogP contribution in [0.2, 0.25) is 0 Å². The van der Waals surface area contributed by atoms with Crippen molar-refractivity contribution in [1.82, 2.24) is 9.97 Å². The topological polar surface area (TPSA) is 87.3 Å². The minimum Gasteiger partial charge on any atom is -0.491 e. The van der Waals surface area contributed by atoms with E-state index in [1.54, 1.807) is 6.07 Å². The number of pyridine rings is 1. The van der Waals surface area contributed by atoms with Crippen molar-refractivity contribution in [3.63, 3.8) is 0 Å². The number of amides is 1. The quantitative estimate of drug-likeness (QED) is 0.585. The second-order valence-corrected chi connectivity index (χ2v) is 6.84. The zero-order valence-corrected chi connectivity index (χ0v) is 15.8. The molecule has 0 spiro atoms.